The van der Waals surface area contributed by atoms with Crippen LogP contribution in [-0.4, -0.2) is 28.2 Å². The number of amides is 1. The summed E-state index contributed by atoms with van der Waals surface area (Å²) < 4.78 is 15.7. The van der Waals surface area contributed by atoms with Gasteiger partial charge in [0.15, 0.2) is 0 Å². The summed E-state index contributed by atoms with van der Waals surface area (Å²) in [6, 6.07) is 13.6. The molecule has 1 heterocycles. The normalized spacial score (nSPS) is 12.0. The van der Waals surface area contributed by atoms with Crippen LogP contribution >= 0.6 is 0 Å². The van der Waals surface area contributed by atoms with Gasteiger partial charge in [0, 0.05) is 30.0 Å². The number of nitrogens with one attached hydrogen (secondary N) is 2. The Labute approximate surface area is 201 Å². The number of nitrogens with zero attached hydrogens (tertiary/aromatic N) is 3. The fourth-order valence-electron chi connectivity index (χ4n) is 3.80. The SMILES string of the molecule is CCn1nc(C)c(CCN=C(NC(=O)c2ccc(C(C)(C)C)cc2)Nc2cccc(F)c2)c1C. The van der Waals surface area contributed by atoms with E-state index in [0.29, 0.717) is 24.2 Å². The minimum absolute atomic E-state index is 0.00239. The van der Waals surface area contributed by atoms with Crippen molar-refractivity contribution in [3.8, 4) is 0 Å². The zero-order chi connectivity index (χ0) is 24.9. The van der Waals surface area contributed by atoms with Crippen LogP contribution < -0.4 is 10.6 Å². The molecule has 180 valence electrons. The summed E-state index contributed by atoms with van der Waals surface area (Å²) in [5.74, 6) is -0.380. The minimum atomic E-state index is -0.369. The molecule has 0 aliphatic heterocycles. The van der Waals surface area contributed by atoms with Gasteiger partial charge in [0.05, 0.1) is 5.69 Å². The van der Waals surface area contributed by atoms with Crippen LogP contribution in [0.4, 0.5) is 10.1 Å². The summed E-state index contributed by atoms with van der Waals surface area (Å²) in [5.41, 5.74) is 5.44. The number of carbonyl (C=O) groups excluding carboxylic acids is 1. The van der Waals surface area contributed by atoms with Gasteiger partial charge in [0.25, 0.3) is 5.91 Å². The van der Waals surface area contributed by atoms with Crippen molar-refractivity contribution in [2.45, 2.75) is 59.9 Å². The number of anilines is 1. The lowest BCUT2D eigenvalue weighted by Gasteiger charge is -2.19. The molecule has 0 fully saturated rings. The molecule has 3 aromatic rings. The maximum atomic E-state index is 13.7. The Morgan fingerprint density at radius 1 is 1.12 bits per heavy atom. The number of halogens is 1. The van der Waals surface area contributed by atoms with Crippen molar-refractivity contribution in [2.75, 3.05) is 11.9 Å². The van der Waals surface area contributed by atoms with Crippen molar-refractivity contribution in [1.29, 1.82) is 0 Å². The summed E-state index contributed by atoms with van der Waals surface area (Å²) in [5, 5.41) is 10.5. The highest BCUT2D eigenvalue weighted by Crippen LogP contribution is 2.22. The highest BCUT2D eigenvalue weighted by molar-refractivity contribution is 6.09. The number of aliphatic imine (C=N–C) groups is 1. The number of aryl methyl sites for hydroxylation is 2. The van der Waals surface area contributed by atoms with Gasteiger partial charge in [-0.05, 0) is 74.1 Å². The second kappa shape index (κ2) is 10.6. The minimum Gasteiger partial charge on any atom is -0.326 e. The lowest BCUT2D eigenvalue weighted by Crippen LogP contribution is -2.36. The highest BCUT2D eigenvalue weighted by Gasteiger charge is 2.16. The summed E-state index contributed by atoms with van der Waals surface area (Å²) in [6.45, 7) is 13.7. The van der Waals surface area contributed by atoms with Crippen LogP contribution in [0, 0.1) is 19.7 Å². The highest BCUT2D eigenvalue weighted by atomic mass is 19.1. The number of aromatic nitrogens is 2. The third-order valence-electron chi connectivity index (χ3n) is 5.80. The molecule has 0 radical (unpaired) electrons. The smallest absolute Gasteiger partial charge is 0.257 e. The van der Waals surface area contributed by atoms with Crippen molar-refractivity contribution in [3.63, 3.8) is 0 Å². The molecule has 2 aromatic carbocycles. The number of hydrogen-bond acceptors (Lipinski definition) is 3. The van der Waals surface area contributed by atoms with Gasteiger partial charge in [0.1, 0.15) is 5.82 Å². The average Bonchev–Trinajstić information content (AvgIpc) is 3.06. The van der Waals surface area contributed by atoms with Gasteiger partial charge in [-0.1, -0.05) is 39.0 Å². The Balaban J connectivity index is 1.79. The molecule has 2 N–H and O–H groups in total. The molecule has 0 saturated carbocycles. The number of hydrogen-bond donors (Lipinski definition) is 2. The second-order valence-electron chi connectivity index (χ2n) is 9.36. The zero-order valence-electron chi connectivity index (χ0n) is 20.9. The quantitative estimate of drug-likeness (QED) is 0.380. The fraction of sp³-hybridized carbons (Fsp3) is 0.370. The first-order valence-corrected chi connectivity index (χ1v) is 11.6. The monoisotopic (exact) mass is 463 g/mol. The van der Waals surface area contributed by atoms with Crippen molar-refractivity contribution in [1.82, 2.24) is 15.1 Å². The molecule has 0 aliphatic rings. The third-order valence-corrected chi connectivity index (χ3v) is 5.80. The number of rotatable bonds is 6. The van der Waals surface area contributed by atoms with E-state index < -0.39 is 0 Å². The predicted octanol–water partition coefficient (Wildman–Crippen LogP) is 5.40. The molecule has 7 heteroatoms. The first kappa shape index (κ1) is 25.1. The van der Waals surface area contributed by atoms with Crippen LogP contribution in [0.15, 0.2) is 53.5 Å². The Morgan fingerprint density at radius 3 is 2.41 bits per heavy atom. The van der Waals surface area contributed by atoms with Crippen molar-refractivity contribution in [2.24, 2.45) is 4.99 Å². The van der Waals surface area contributed by atoms with E-state index in [9.17, 15) is 9.18 Å². The zero-order valence-corrected chi connectivity index (χ0v) is 20.9. The molecular formula is C27H34FN5O. The fourth-order valence-corrected chi connectivity index (χ4v) is 3.80. The van der Waals surface area contributed by atoms with Crippen LogP contribution in [0.25, 0.3) is 0 Å². The molecule has 34 heavy (non-hydrogen) atoms. The van der Waals surface area contributed by atoms with E-state index in [2.05, 4.69) is 55.3 Å². The molecule has 0 atom stereocenters. The first-order valence-electron chi connectivity index (χ1n) is 11.6. The lowest BCUT2D eigenvalue weighted by atomic mass is 9.87. The van der Waals surface area contributed by atoms with Gasteiger partial charge >= 0.3 is 0 Å². The van der Waals surface area contributed by atoms with Crippen molar-refractivity contribution in [3.05, 3.63) is 82.4 Å². The summed E-state index contributed by atoms with van der Waals surface area (Å²) in [4.78, 5) is 17.5. The molecule has 0 saturated heterocycles. The van der Waals surface area contributed by atoms with Gasteiger partial charge in [-0.2, -0.15) is 5.10 Å². The Hall–Kier alpha value is -3.48. The van der Waals surface area contributed by atoms with Gasteiger partial charge < -0.3 is 5.32 Å². The Bertz CT molecular complexity index is 1170. The first-order chi connectivity index (χ1) is 16.1. The molecule has 1 amide bonds. The Kier molecular flexibility index (Phi) is 7.87. The number of carbonyl (C=O) groups is 1. The van der Waals surface area contributed by atoms with Gasteiger partial charge in [-0.3, -0.25) is 19.8 Å². The van der Waals surface area contributed by atoms with Gasteiger partial charge in [0.2, 0.25) is 5.96 Å². The average molecular weight is 464 g/mol. The number of benzene rings is 2. The van der Waals surface area contributed by atoms with E-state index in [0.717, 1.165) is 29.1 Å². The van der Waals surface area contributed by atoms with Gasteiger partial charge in [-0.15, -0.1) is 0 Å². The van der Waals surface area contributed by atoms with Crippen LogP contribution in [-0.2, 0) is 18.4 Å². The molecule has 0 unspecified atom stereocenters. The van der Waals surface area contributed by atoms with E-state index in [4.69, 9.17) is 0 Å². The lowest BCUT2D eigenvalue weighted by molar-refractivity contribution is 0.0977. The van der Waals surface area contributed by atoms with Gasteiger partial charge in [-0.25, -0.2) is 4.39 Å². The van der Waals surface area contributed by atoms with Crippen LogP contribution in [0.3, 0.4) is 0 Å². The van der Waals surface area contributed by atoms with E-state index in [-0.39, 0.29) is 23.1 Å². The molecule has 0 aliphatic carbocycles. The standard InChI is InChI=1S/C27H34FN5O/c1-7-33-19(3)24(18(2)32-33)15-16-29-26(30-23-10-8-9-22(28)17-23)31-25(34)20-11-13-21(14-12-20)27(4,5)6/h8-14,17H,7,15-16H2,1-6H3,(H2,29,30,31,34). The molecule has 3 rings (SSSR count). The van der Waals surface area contributed by atoms with Crippen LogP contribution in [0.1, 0.15) is 60.6 Å². The van der Waals surface area contributed by atoms with E-state index in [1.54, 1.807) is 12.1 Å². The Morgan fingerprint density at radius 2 is 1.82 bits per heavy atom. The predicted molar refractivity (Wildman–Crippen MR) is 136 cm³/mol. The van der Waals surface area contributed by atoms with Crippen molar-refractivity contribution < 1.29 is 9.18 Å². The molecule has 0 bridgehead atoms. The van der Waals surface area contributed by atoms with Crippen LogP contribution in [0.5, 0.6) is 0 Å². The van der Waals surface area contributed by atoms with Crippen LogP contribution in [0.2, 0.25) is 0 Å². The largest absolute Gasteiger partial charge is 0.326 e. The molecule has 1 aromatic heterocycles. The second-order valence-corrected chi connectivity index (χ2v) is 9.36. The molecule has 0 spiro atoms. The van der Waals surface area contributed by atoms with E-state index in [1.807, 2.05) is 35.9 Å². The van der Waals surface area contributed by atoms with E-state index in [1.165, 1.54) is 12.1 Å². The summed E-state index contributed by atoms with van der Waals surface area (Å²) >= 11 is 0. The molecular weight excluding hydrogens is 429 g/mol. The summed E-state index contributed by atoms with van der Waals surface area (Å²) in [7, 11) is 0. The number of guanidine groups is 1. The van der Waals surface area contributed by atoms with E-state index >= 15 is 0 Å². The summed E-state index contributed by atoms with van der Waals surface area (Å²) in [6.07, 6.45) is 0.683. The molecule has 6 nitrogen and oxygen atoms in total. The maximum Gasteiger partial charge on any atom is 0.257 e. The maximum absolute atomic E-state index is 13.7. The topological polar surface area (TPSA) is 71.3 Å². The van der Waals surface area contributed by atoms with Crippen molar-refractivity contribution >= 4 is 17.6 Å². The third kappa shape index (κ3) is 6.31.